The monoisotopic (exact) mass is 249 g/mol. The van der Waals surface area contributed by atoms with Gasteiger partial charge in [0.15, 0.2) is 0 Å². The van der Waals surface area contributed by atoms with Crippen LogP contribution in [0.2, 0.25) is 0 Å². The molecular weight excluding hydrogens is 237 g/mol. The molecule has 2 heteroatoms. The van der Waals surface area contributed by atoms with Gasteiger partial charge in [-0.05, 0) is 52.3 Å². The summed E-state index contributed by atoms with van der Waals surface area (Å²) in [6.45, 7) is 1.08. The average Bonchev–Trinajstić information content (AvgIpc) is 2.15. The van der Waals surface area contributed by atoms with Crippen LogP contribution in [0, 0.1) is 0 Å². The largest absolute Gasteiger partial charge is 0.305 e. The molecule has 0 bridgehead atoms. The summed E-state index contributed by atoms with van der Waals surface area (Å²) in [4.78, 5) is 2.20. The minimum Gasteiger partial charge on any atom is -0.305 e. The lowest BCUT2D eigenvalue weighted by Crippen LogP contribution is -2.14. The maximum atomic E-state index is 2.42. The summed E-state index contributed by atoms with van der Waals surface area (Å²) >= 11 is 2.42. The van der Waals surface area contributed by atoms with E-state index in [1.807, 2.05) is 0 Å². The third kappa shape index (κ3) is 2.09. The van der Waals surface area contributed by atoms with Crippen LogP contribution in [0.25, 0.3) is 0 Å². The molecule has 1 aliphatic carbocycles. The lowest BCUT2D eigenvalue weighted by molar-refractivity contribution is 0.449. The second-order valence-electron chi connectivity index (χ2n) is 2.77. The Balaban J connectivity index is 2.54. The zero-order valence-electron chi connectivity index (χ0n) is 6.39. The third-order valence-electron chi connectivity index (χ3n) is 1.45. The van der Waals surface area contributed by atoms with Crippen molar-refractivity contribution in [1.82, 2.24) is 4.90 Å². The molecule has 0 aromatic carbocycles. The van der Waals surface area contributed by atoms with Crippen molar-refractivity contribution >= 4 is 22.6 Å². The molecule has 0 aliphatic heterocycles. The molecule has 0 spiro atoms. The molecule has 1 aliphatic rings. The fourth-order valence-corrected chi connectivity index (χ4v) is 1.61. The smallest absolute Gasteiger partial charge is 0.0234 e. The van der Waals surface area contributed by atoms with E-state index in [9.17, 15) is 0 Å². The van der Waals surface area contributed by atoms with Gasteiger partial charge in [-0.25, -0.2) is 0 Å². The minimum atomic E-state index is 1.08. The molecule has 0 amide bonds. The summed E-state index contributed by atoms with van der Waals surface area (Å²) in [6.07, 6.45) is 5.59. The predicted octanol–water partition coefficient (Wildman–Crippen LogP) is 2.20. The van der Waals surface area contributed by atoms with Crippen molar-refractivity contribution in [2.75, 3.05) is 20.6 Å². The van der Waals surface area contributed by atoms with Gasteiger partial charge in [-0.2, -0.15) is 0 Å². The number of halogens is 1. The van der Waals surface area contributed by atoms with E-state index in [0.717, 1.165) is 13.0 Å². The van der Waals surface area contributed by atoms with Crippen LogP contribution < -0.4 is 0 Å². The molecule has 1 nitrogen and oxygen atoms in total. The van der Waals surface area contributed by atoms with Gasteiger partial charge in [0.25, 0.3) is 0 Å². The molecule has 1 rings (SSSR count). The highest BCUT2D eigenvalue weighted by Crippen LogP contribution is 2.24. The number of allylic oxidation sites excluding steroid dienone is 2. The molecule has 0 N–H and O–H groups in total. The maximum Gasteiger partial charge on any atom is 0.0234 e. The second kappa shape index (κ2) is 3.53. The van der Waals surface area contributed by atoms with E-state index in [-0.39, 0.29) is 0 Å². The van der Waals surface area contributed by atoms with E-state index in [1.54, 1.807) is 0 Å². The Bertz CT molecular complexity index is 180. The van der Waals surface area contributed by atoms with Gasteiger partial charge >= 0.3 is 0 Å². The SMILES string of the molecule is CN(C)CC1=C(I)CC=C1. The number of rotatable bonds is 2. The summed E-state index contributed by atoms with van der Waals surface area (Å²) in [7, 11) is 4.20. The van der Waals surface area contributed by atoms with Gasteiger partial charge in [-0.15, -0.1) is 0 Å². The molecule has 0 fully saturated rings. The third-order valence-corrected chi connectivity index (χ3v) is 2.58. The molecule has 0 radical (unpaired) electrons. The number of hydrogen-bond donors (Lipinski definition) is 0. The molecule has 0 unspecified atom stereocenters. The highest BCUT2D eigenvalue weighted by molar-refractivity contribution is 14.1. The van der Waals surface area contributed by atoms with Crippen molar-refractivity contribution in [3.05, 3.63) is 21.3 Å². The Kier molecular flexibility index (Phi) is 2.92. The Morgan fingerprint density at radius 3 is 2.70 bits per heavy atom. The van der Waals surface area contributed by atoms with Gasteiger partial charge in [0.1, 0.15) is 0 Å². The highest BCUT2D eigenvalue weighted by Gasteiger charge is 2.05. The minimum absolute atomic E-state index is 1.08. The average molecular weight is 249 g/mol. The van der Waals surface area contributed by atoms with Crippen molar-refractivity contribution < 1.29 is 0 Å². The fourth-order valence-electron chi connectivity index (χ4n) is 1.01. The Hall–Kier alpha value is 0.170. The summed E-state index contributed by atoms with van der Waals surface area (Å²) < 4.78 is 1.49. The van der Waals surface area contributed by atoms with Gasteiger partial charge in [-0.3, -0.25) is 0 Å². The molecule has 10 heavy (non-hydrogen) atoms. The molecule has 0 saturated heterocycles. The summed E-state index contributed by atoms with van der Waals surface area (Å²) in [5, 5.41) is 0. The lowest BCUT2D eigenvalue weighted by atomic mass is 10.3. The van der Waals surface area contributed by atoms with E-state index >= 15 is 0 Å². The first kappa shape index (κ1) is 8.27. The van der Waals surface area contributed by atoms with Crippen molar-refractivity contribution in [2.24, 2.45) is 0 Å². The molecule has 0 aromatic heterocycles. The van der Waals surface area contributed by atoms with Crippen LogP contribution in [-0.4, -0.2) is 25.5 Å². The van der Waals surface area contributed by atoms with E-state index < -0.39 is 0 Å². The van der Waals surface area contributed by atoms with Crippen molar-refractivity contribution in [3.63, 3.8) is 0 Å². The first-order valence-electron chi connectivity index (χ1n) is 3.39. The van der Waals surface area contributed by atoms with Crippen LogP contribution in [0.4, 0.5) is 0 Å². The Morgan fingerprint density at radius 1 is 1.60 bits per heavy atom. The Morgan fingerprint density at radius 2 is 2.30 bits per heavy atom. The normalized spacial score (nSPS) is 17.6. The zero-order chi connectivity index (χ0) is 7.56. The van der Waals surface area contributed by atoms with E-state index in [2.05, 4.69) is 53.7 Å². The number of likely N-dealkylation sites (N-methyl/N-ethyl adjacent to an activating group) is 1. The van der Waals surface area contributed by atoms with Crippen LogP contribution in [0.1, 0.15) is 6.42 Å². The summed E-state index contributed by atoms with van der Waals surface area (Å²) in [5.41, 5.74) is 1.48. The first-order valence-corrected chi connectivity index (χ1v) is 4.47. The molecule has 0 aromatic rings. The van der Waals surface area contributed by atoms with E-state index in [0.29, 0.717) is 0 Å². The standard InChI is InChI=1S/C8H12IN/c1-10(2)6-7-4-3-5-8(7)9/h3-4H,5-6H2,1-2H3. The maximum absolute atomic E-state index is 2.42. The molecule has 56 valence electrons. The van der Waals surface area contributed by atoms with Crippen molar-refractivity contribution in [1.29, 1.82) is 0 Å². The van der Waals surface area contributed by atoms with Crippen LogP contribution >= 0.6 is 22.6 Å². The topological polar surface area (TPSA) is 3.24 Å². The number of nitrogens with zero attached hydrogens (tertiary/aromatic N) is 1. The summed E-state index contributed by atoms with van der Waals surface area (Å²) in [5.74, 6) is 0. The number of hydrogen-bond acceptors (Lipinski definition) is 1. The zero-order valence-corrected chi connectivity index (χ0v) is 8.55. The highest BCUT2D eigenvalue weighted by atomic mass is 127. The molecule has 0 saturated carbocycles. The fraction of sp³-hybridized carbons (Fsp3) is 0.500. The van der Waals surface area contributed by atoms with Gasteiger partial charge < -0.3 is 4.90 Å². The van der Waals surface area contributed by atoms with Crippen LogP contribution in [0.3, 0.4) is 0 Å². The summed E-state index contributed by atoms with van der Waals surface area (Å²) in [6, 6.07) is 0. The van der Waals surface area contributed by atoms with Crippen LogP contribution in [0.5, 0.6) is 0 Å². The van der Waals surface area contributed by atoms with Crippen molar-refractivity contribution in [2.45, 2.75) is 6.42 Å². The molecule has 0 heterocycles. The van der Waals surface area contributed by atoms with Gasteiger partial charge in [0.05, 0.1) is 0 Å². The second-order valence-corrected chi connectivity index (χ2v) is 4.08. The van der Waals surface area contributed by atoms with Gasteiger partial charge in [0, 0.05) is 6.54 Å². The van der Waals surface area contributed by atoms with E-state index in [1.165, 1.54) is 9.15 Å². The van der Waals surface area contributed by atoms with Crippen LogP contribution in [-0.2, 0) is 0 Å². The first-order chi connectivity index (χ1) is 4.70. The molecule has 0 atom stereocenters. The molecular formula is C8H12IN. The lowest BCUT2D eigenvalue weighted by Gasteiger charge is -2.09. The quantitative estimate of drug-likeness (QED) is 0.678. The predicted molar refractivity (Wildman–Crippen MR) is 53.4 cm³/mol. The Labute approximate surface area is 75.9 Å². The van der Waals surface area contributed by atoms with Gasteiger partial charge in [0.2, 0.25) is 0 Å². The van der Waals surface area contributed by atoms with Gasteiger partial charge in [-0.1, -0.05) is 12.2 Å². The van der Waals surface area contributed by atoms with E-state index in [4.69, 9.17) is 0 Å². The van der Waals surface area contributed by atoms with Crippen LogP contribution in [0.15, 0.2) is 21.3 Å². The van der Waals surface area contributed by atoms with Crippen molar-refractivity contribution in [3.8, 4) is 0 Å².